The van der Waals surface area contributed by atoms with E-state index in [1.807, 2.05) is 7.05 Å². The second kappa shape index (κ2) is 10.4. The summed E-state index contributed by atoms with van der Waals surface area (Å²) in [5.74, 6) is 0.917. The molecule has 0 radical (unpaired) electrons. The molecule has 1 saturated carbocycles. The first-order chi connectivity index (χ1) is 13.5. The van der Waals surface area contributed by atoms with Crippen molar-refractivity contribution in [2.24, 2.45) is 5.92 Å². The highest BCUT2D eigenvalue weighted by Gasteiger charge is 2.31. The van der Waals surface area contributed by atoms with E-state index in [1.165, 1.54) is 44.1 Å². The summed E-state index contributed by atoms with van der Waals surface area (Å²) in [6.45, 7) is 3.26. The average Bonchev–Trinajstić information content (AvgIpc) is 2.72. The Morgan fingerprint density at radius 1 is 1.04 bits per heavy atom. The van der Waals surface area contributed by atoms with Crippen molar-refractivity contribution in [3.8, 4) is 0 Å². The molecule has 4 nitrogen and oxygen atoms in total. The second-order valence-corrected chi connectivity index (χ2v) is 9.14. The summed E-state index contributed by atoms with van der Waals surface area (Å²) >= 11 is 0. The van der Waals surface area contributed by atoms with Crippen LogP contribution in [0, 0.1) is 5.92 Å². The van der Waals surface area contributed by atoms with Gasteiger partial charge in [-0.2, -0.15) is 0 Å². The summed E-state index contributed by atoms with van der Waals surface area (Å²) in [5, 5.41) is 0. The number of amides is 1. The minimum Gasteiger partial charge on any atom is -0.343 e. The van der Waals surface area contributed by atoms with Gasteiger partial charge in [-0.25, -0.2) is 0 Å². The third-order valence-corrected chi connectivity index (χ3v) is 6.94. The van der Waals surface area contributed by atoms with Gasteiger partial charge in [-0.15, -0.1) is 0 Å². The molecule has 0 unspecified atom stereocenters. The Bertz CT molecular complexity index is 597. The van der Waals surface area contributed by atoms with Crippen LogP contribution >= 0.6 is 0 Å². The molecular weight excluding hydrogens is 346 g/mol. The Morgan fingerprint density at radius 2 is 1.75 bits per heavy atom. The van der Waals surface area contributed by atoms with Crippen LogP contribution in [0.5, 0.6) is 0 Å². The molecule has 1 heterocycles. The summed E-state index contributed by atoms with van der Waals surface area (Å²) < 4.78 is 0. The lowest BCUT2D eigenvalue weighted by molar-refractivity contribution is -0.133. The first kappa shape index (κ1) is 21.3. The molecule has 0 spiro atoms. The molecule has 0 bridgehead atoms. The zero-order chi connectivity index (χ0) is 19.9. The normalized spacial score (nSPS) is 24.4. The maximum absolute atomic E-state index is 12.8. The maximum atomic E-state index is 12.8. The van der Waals surface area contributed by atoms with Crippen LogP contribution in [0.4, 0.5) is 0 Å². The van der Waals surface area contributed by atoms with Gasteiger partial charge in [0.1, 0.15) is 0 Å². The van der Waals surface area contributed by atoms with Crippen LogP contribution < -0.4 is 0 Å². The second-order valence-electron chi connectivity index (χ2n) is 9.14. The first-order valence-corrected chi connectivity index (χ1v) is 11.2. The van der Waals surface area contributed by atoms with Gasteiger partial charge in [0.2, 0.25) is 5.91 Å². The van der Waals surface area contributed by atoms with Gasteiger partial charge in [-0.3, -0.25) is 9.69 Å². The molecule has 1 aliphatic heterocycles. The van der Waals surface area contributed by atoms with Crippen LogP contribution in [0.2, 0.25) is 0 Å². The molecule has 4 heteroatoms. The van der Waals surface area contributed by atoms with Crippen molar-refractivity contribution in [1.82, 2.24) is 14.7 Å². The molecule has 1 aliphatic carbocycles. The highest BCUT2D eigenvalue weighted by atomic mass is 16.2. The third kappa shape index (κ3) is 5.81. The fourth-order valence-electron chi connectivity index (χ4n) is 5.20. The standard InChI is InChI=1S/C24H39N3O/c1-25(2)23-16-17-27(18-20-10-6-4-7-11-20)19-21(23)14-15-24(28)26(3)22-12-8-5-9-13-22/h4,6-7,10-11,21-23H,5,8-9,12-19H2,1-3H3/t21-,23+/m0/s1. The zero-order valence-corrected chi connectivity index (χ0v) is 18.1. The number of hydrogen-bond donors (Lipinski definition) is 0. The molecule has 2 fully saturated rings. The Labute approximate surface area is 171 Å². The highest BCUT2D eigenvalue weighted by Crippen LogP contribution is 2.27. The minimum atomic E-state index is 0.351. The molecule has 2 atom stereocenters. The molecule has 2 aliphatic rings. The van der Waals surface area contributed by atoms with E-state index in [0.717, 1.165) is 26.1 Å². The quantitative estimate of drug-likeness (QED) is 0.709. The molecule has 28 heavy (non-hydrogen) atoms. The zero-order valence-electron chi connectivity index (χ0n) is 18.1. The number of likely N-dealkylation sites (tertiary alicyclic amines) is 1. The predicted octanol–water partition coefficient (Wildman–Crippen LogP) is 4.01. The lowest BCUT2D eigenvalue weighted by Crippen LogP contribution is -2.49. The van der Waals surface area contributed by atoms with Crippen LogP contribution in [0.3, 0.4) is 0 Å². The first-order valence-electron chi connectivity index (χ1n) is 11.2. The monoisotopic (exact) mass is 385 g/mol. The van der Waals surface area contributed by atoms with Crippen LogP contribution in [-0.4, -0.2) is 66.9 Å². The Kier molecular flexibility index (Phi) is 7.92. The van der Waals surface area contributed by atoms with Crippen molar-refractivity contribution in [3.05, 3.63) is 35.9 Å². The smallest absolute Gasteiger partial charge is 0.222 e. The third-order valence-electron chi connectivity index (χ3n) is 6.94. The summed E-state index contributed by atoms with van der Waals surface area (Å²) in [6.07, 6.45) is 9.17. The van der Waals surface area contributed by atoms with E-state index in [-0.39, 0.29) is 0 Å². The molecule has 156 valence electrons. The summed E-state index contributed by atoms with van der Waals surface area (Å²) in [4.78, 5) is 19.9. The fourth-order valence-corrected chi connectivity index (χ4v) is 5.20. The van der Waals surface area contributed by atoms with Gasteiger partial charge in [-0.1, -0.05) is 49.6 Å². The molecule has 0 N–H and O–H groups in total. The van der Waals surface area contributed by atoms with E-state index >= 15 is 0 Å². The Morgan fingerprint density at radius 3 is 2.43 bits per heavy atom. The van der Waals surface area contributed by atoms with Crippen molar-refractivity contribution >= 4 is 5.91 Å². The van der Waals surface area contributed by atoms with Gasteiger partial charge in [0.05, 0.1) is 0 Å². The number of nitrogens with zero attached hydrogens (tertiary/aromatic N) is 3. The van der Waals surface area contributed by atoms with E-state index < -0.39 is 0 Å². The van der Waals surface area contributed by atoms with E-state index in [4.69, 9.17) is 0 Å². The summed E-state index contributed by atoms with van der Waals surface area (Å²) in [6, 6.07) is 11.8. The average molecular weight is 386 g/mol. The van der Waals surface area contributed by atoms with E-state index in [9.17, 15) is 4.79 Å². The molecule has 3 rings (SSSR count). The summed E-state index contributed by atoms with van der Waals surface area (Å²) in [7, 11) is 6.42. The van der Waals surface area contributed by atoms with Gasteiger partial charge in [0.25, 0.3) is 0 Å². The number of piperidine rings is 1. The molecule has 1 aromatic rings. The molecular formula is C24H39N3O. The molecule has 0 aromatic heterocycles. The van der Waals surface area contributed by atoms with Gasteiger partial charge < -0.3 is 9.80 Å². The lowest BCUT2D eigenvalue weighted by Gasteiger charge is -2.42. The number of hydrogen-bond acceptors (Lipinski definition) is 3. The lowest BCUT2D eigenvalue weighted by atomic mass is 9.86. The van der Waals surface area contributed by atoms with E-state index in [1.54, 1.807) is 0 Å². The number of rotatable bonds is 7. The van der Waals surface area contributed by atoms with Crippen molar-refractivity contribution < 1.29 is 4.79 Å². The number of carbonyl (C=O) groups excluding carboxylic acids is 1. The van der Waals surface area contributed by atoms with Crippen molar-refractivity contribution in [2.45, 2.75) is 70.0 Å². The van der Waals surface area contributed by atoms with Crippen molar-refractivity contribution in [2.75, 3.05) is 34.2 Å². The fraction of sp³-hybridized carbons (Fsp3) is 0.708. The van der Waals surface area contributed by atoms with Gasteiger partial charge >= 0.3 is 0 Å². The SMILES string of the molecule is CN(C(=O)CC[C@H]1CN(Cc2ccccc2)CC[C@H]1N(C)C)C1CCCCC1. The van der Waals surface area contributed by atoms with Crippen LogP contribution in [0.1, 0.15) is 56.9 Å². The molecule has 1 saturated heterocycles. The Balaban J connectivity index is 1.54. The van der Waals surface area contributed by atoms with Crippen LogP contribution in [-0.2, 0) is 11.3 Å². The number of benzene rings is 1. The summed E-state index contributed by atoms with van der Waals surface area (Å²) in [5.41, 5.74) is 1.39. The van der Waals surface area contributed by atoms with Gasteiger partial charge in [-0.05, 0) is 57.8 Å². The highest BCUT2D eigenvalue weighted by molar-refractivity contribution is 5.76. The molecule has 1 amide bonds. The van der Waals surface area contributed by atoms with E-state index in [2.05, 4.69) is 59.1 Å². The van der Waals surface area contributed by atoms with E-state index in [0.29, 0.717) is 30.3 Å². The minimum absolute atomic E-state index is 0.351. The molecule has 1 aromatic carbocycles. The van der Waals surface area contributed by atoms with Crippen LogP contribution in [0.15, 0.2) is 30.3 Å². The van der Waals surface area contributed by atoms with Crippen molar-refractivity contribution in [1.29, 1.82) is 0 Å². The predicted molar refractivity (Wildman–Crippen MR) is 116 cm³/mol. The maximum Gasteiger partial charge on any atom is 0.222 e. The van der Waals surface area contributed by atoms with Gasteiger partial charge in [0, 0.05) is 38.6 Å². The van der Waals surface area contributed by atoms with Crippen LogP contribution in [0.25, 0.3) is 0 Å². The number of carbonyl (C=O) groups is 1. The Hall–Kier alpha value is -1.39. The van der Waals surface area contributed by atoms with Gasteiger partial charge in [0.15, 0.2) is 0 Å². The largest absolute Gasteiger partial charge is 0.343 e. The topological polar surface area (TPSA) is 26.8 Å². The van der Waals surface area contributed by atoms with Crippen molar-refractivity contribution in [3.63, 3.8) is 0 Å².